The number of hydrogen-bond donors (Lipinski definition) is 2. The first-order chi connectivity index (χ1) is 9.29. The van der Waals surface area contributed by atoms with Crippen LogP contribution in [-0.2, 0) is 0 Å². The van der Waals surface area contributed by atoms with Crippen molar-refractivity contribution < 1.29 is 0 Å². The van der Waals surface area contributed by atoms with Gasteiger partial charge in [0.05, 0.1) is 6.33 Å². The van der Waals surface area contributed by atoms with Crippen LogP contribution in [0.4, 0.5) is 17.5 Å². The maximum absolute atomic E-state index is 5.75. The summed E-state index contributed by atoms with van der Waals surface area (Å²) in [6.07, 6.45) is 1.60. The summed E-state index contributed by atoms with van der Waals surface area (Å²) < 4.78 is 0. The Labute approximate surface area is 110 Å². The summed E-state index contributed by atoms with van der Waals surface area (Å²) in [5.74, 6) is 0.970. The van der Waals surface area contributed by atoms with E-state index in [1.54, 1.807) is 6.33 Å². The number of para-hydroxylation sites is 1. The number of anilines is 3. The van der Waals surface area contributed by atoms with E-state index in [0.29, 0.717) is 5.65 Å². The predicted molar refractivity (Wildman–Crippen MR) is 75.2 cm³/mol. The number of nitrogens with two attached hydrogens (primary N) is 1. The van der Waals surface area contributed by atoms with Gasteiger partial charge < -0.3 is 15.6 Å². The summed E-state index contributed by atoms with van der Waals surface area (Å²) in [4.78, 5) is 17.7. The van der Waals surface area contributed by atoms with Crippen LogP contribution in [0.1, 0.15) is 6.92 Å². The number of hydrogen-bond acceptors (Lipinski definition) is 5. The van der Waals surface area contributed by atoms with Crippen molar-refractivity contribution >= 4 is 28.6 Å². The molecule has 0 saturated heterocycles. The fourth-order valence-corrected chi connectivity index (χ4v) is 2.09. The molecule has 3 rings (SSSR count). The van der Waals surface area contributed by atoms with E-state index in [4.69, 9.17) is 5.73 Å². The molecular formula is C13H14N6. The minimum atomic E-state index is 0.226. The molecular weight excluding hydrogens is 240 g/mol. The monoisotopic (exact) mass is 254 g/mol. The maximum Gasteiger partial charge on any atom is 0.224 e. The summed E-state index contributed by atoms with van der Waals surface area (Å²) in [6, 6.07) is 10.0. The predicted octanol–water partition coefficient (Wildman–Crippen LogP) is 2.09. The Morgan fingerprint density at radius 1 is 1.21 bits per heavy atom. The Hall–Kier alpha value is -2.63. The van der Waals surface area contributed by atoms with Crippen molar-refractivity contribution in [3.8, 4) is 0 Å². The van der Waals surface area contributed by atoms with E-state index in [0.717, 1.165) is 23.6 Å². The van der Waals surface area contributed by atoms with E-state index < -0.39 is 0 Å². The fourth-order valence-electron chi connectivity index (χ4n) is 2.09. The summed E-state index contributed by atoms with van der Waals surface area (Å²) in [5.41, 5.74) is 8.18. The van der Waals surface area contributed by atoms with Gasteiger partial charge in [-0.05, 0) is 19.1 Å². The highest BCUT2D eigenvalue weighted by molar-refractivity contribution is 5.86. The van der Waals surface area contributed by atoms with E-state index in [1.807, 2.05) is 30.3 Å². The lowest BCUT2D eigenvalue weighted by atomic mass is 10.3. The molecule has 3 N–H and O–H groups in total. The number of imidazole rings is 1. The third kappa shape index (κ3) is 1.97. The molecule has 0 unspecified atom stereocenters. The van der Waals surface area contributed by atoms with Crippen molar-refractivity contribution in [1.29, 1.82) is 0 Å². The topological polar surface area (TPSA) is 83.7 Å². The molecule has 0 fully saturated rings. The largest absolute Gasteiger partial charge is 0.368 e. The van der Waals surface area contributed by atoms with Gasteiger partial charge >= 0.3 is 0 Å². The Kier molecular flexibility index (Phi) is 2.75. The number of rotatable bonds is 3. The Bertz CT molecular complexity index is 691. The maximum atomic E-state index is 5.75. The van der Waals surface area contributed by atoms with Gasteiger partial charge in [0.1, 0.15) is 5.52 Å². The van der Waals surface area contributed by atoms with Crippen molar-refractivity contribution in [3.05, 3.63) is 36.7 Å². The van der Waals surface area contributed by atoms with E-state index in [9.17, 15) is 0 Å². The Morgan fingerprint density at radius 3 is 2.74 bits per heavy atom. The highest BCUT2D eigenvalue weighted by Crippen LogP contribution is 2.28. The molecule has 0 amide bonds. The second-order valence-corrected chi connectivity index (χ2v) is 4.09. The lowest BCUT2D eigenvalue weighted by Crippen LogP contribution is -2.18. The van der Waals surface area contributed by atoms with Crippen LogP contribution in [0.15, 0.2) is 36.7 Å². The van der Waals surface area contributed by atoms with Gasteiger partial charge in [-0.3, -0.25) is 0 Å². The molecule has 0 bridgehead atoms. The zero-order valence-electron chi connectivity index (χ0n) is 10.5. The molecule has 6 nitrogen and oxygen atoms in total. The minimum Gasteiger partial charge on any atom is -0.368 e. The van der Waals surface area contributed by atoms with Crippen molar-refractivity contribution in [3.63, 3.8) is 0 Å². The van der Waals surface area contributed by atoms with Crippen LogP contribution < -0.4 is 10.6 Å². The quantitative estimate of drug-likeness (QED) is 0.747. The van der Waals surface area contributed by atoms with Gasteiger partial charge in [-0.2, -0.15) is 9.97 Å². The molecule has 1 aromatic carbocycles. The summed E-state index contributed by atoms with van der Waals surface area (Å²) in [6.45, 7) is 2.84. The minimum absolute atomic E-state index is 0.226. The SMILES string of the molecule is CCN(c1ccccc1)c1nc(N)nc2nc[nH]c12. The molecule has 0 aliphatic heterocycles. The lowest BCUT2D eigenvalue weighted by molar-refractivity contribution is 0.990. The first-order valence-electron chi connectivity index (χ1n) is 6.08. The van der Waals surface area contributed by atoms with Gasteiger partial charge in [-0.1, -0.05) is 18.2 Å². The highest BCUT2D eigenvalue weighted by atomic mass is 15.2. The molecule has 19 heavy (non-hydrogen) atoms. The molecule has 0 aliphatic rings. The molecule has 0 spiro atoms. The Morgan fingerprint density at radius 2 is 2.00 bits per heavy atom. The number of nitrogen functional groups attached to an aromatic ring is 1. The van der Waals surface area contributed by atoms with Crippen LogP contribution in [0.3, 0.4) is 0 Å². The van der Waals surface area contributed by atoms with Gasteiger partial charge in [0.15, 0.2) is 11.5 Å². The van der Waals surface area contributed by atoms with Gasteiger partial charge in [0.25, 0.3) is 0 Å². The highest BCUT2D eigenvalue weighted by Gasteiger charge is 2.15. The standard InChI is InChI=1S/C13H14N6/c1-2-19(9-6-4-3-5-7-9)12-10-11(16-8-15-10)17-13(14)18-12/h3-8H,2H2,1H3,(H3,14,15,16,17,18). The Balaban J connectivity index is 2.19. The molecule has 0 radical (unpaired) electrons. The molecule has 2 heterocycles. The number of benzene rings is 1. The first-order valence-corrected chi connectivity index (χ1v) is 6.08. The lowest BCUT2D eigenvalue weighted by Gasteiger charge is -2.22. The van der Waals surface area contributed by atoms with E-state index >= 15 is 0 Å². The molecule has 6 heteroatoms. The second kappa shape index (κ2) is 4.56. The third-order valence-corrected chi connectivity index (χ3v) is 2.92. The zero-order valence-corrected chi connectivity index (χ0v) is 10.5. The second-order valence-electron chi connectivity index (χ2n) is 4.09. The average molecular weight is 254 g/mol. The van der Waals surface area contributed by atoms with E-state index in [1.165, 1.54) is 0 Å². The average Bonchev–Trinajstić information content (AvgIpc) is 2.89. The first kappa shape index (κ1) is 11.5. The van der Waals surface area contributed by atoms with Gasteiger partial charge in [-0.25, -0.2) is 4.98 Å². The molecule has 0 saturated carbocycles. The van der Waals surface area contributed by atoms with Crippen LogP contribution in [-0.4, -0.2) is 26.5 Å². The van der Waals surface area contributed by atoms with Crippen LogP contribution >= 0.6 is 0 Å². The molecule has 3 aromatic rings. The smallest absolute Gasteiger partial charge is 0.224 e. The third-order valence-electron chi connectivity index (χ3n) is 2.92. The normalized spacial score (nSPS) is 10.8. The van der Waals surface area contributed by atoms with Crippen LogP contribution in [0.5, 0.6) is 0 Å². The van der Waals surface area contributed by atoms with Crippen LogP contribution in [0.2, 0.25) is 0 Å². The number of aromatic amines is 1. The molecule has 0 atom stereocenters. The van der Waals surface area contributed by atoms with Crippen molar-refractivity contribution in [2.24, 2.45) is 0 Å². The molecule has 2 aromatic heterocycles. The molecule has 0 aliphatic carbocycles. The number of fused-ring (bicyclic) bond motifs is 1. The van der Waals surface area contributed by atoms with Crippen LogP contribution in [0.25, 0.3) is 11.2 Å². The van der Waals surface area contributed by atoms with Gasteiger partial charge in [0, 0.05) is 12.2 Å². The number of nitrogens with zero attached hydrogens (tertiary/aromatic N) is 4. The summed E-state index contributed by atoms with van der Waals surface area (Å²) in [5, 5.41) is 0. The van der Waals surface area contributed by atoms with Crippen molar-refractivity contribution in [2.75, 3.05) is 17.2 Å². The number of nitrogens with one attached hydrogen (secondary N) is 1. The number of H-pyrrole nitrogens is 1. The van der Waals surface area contributed by atoms with E-state index in [-0.39, 0.29) is 5.95 Å². The van der Waals surface area contributed by atoms with Crippen molar-refractivity contribution in [1.82, 2.24) is 19.9 Å². The number of aromatic nitrogens is 4. The fraction of sp³-hybridized carbons (Fsp3) is 0.154. The van der Waals surface area contributed by atoms with Gasteiger partial charge in [-0.15, -0.1) is 0 Å². The van der Waals surface area contributed by atoms with E-state index in [2.05, 4.69) is 31.8 Å². The van der Waals surface area contributed by atoms with Crippen molar-refractivity contribution in [2.45, 2.75) is 6.92 Å². The van der Waals surface area contributed by atoms with Crippen LogP contribution in [0, 0.1) is 0 Å². The summed E-state index contributed by atoms with van der Waals surface area (Å²) >= 11 is 0. The molecule has 96 valence electrons. The van der Waals surface area contributed by atoms with Gasteiger partial charge in [0.2, 0.25) is 5.95 Å². The zero-order chi connectivity index (χ0) is 13.2. The summed E-state index contributed by atoms with van der Waals surface area (Å²) in [7, 11) is 0.